The highest BCUT2D eigenvalue weighted by molar-refractivity contribution is 5.90. The van der Waals surface area contributed by atoms with E-state index in [0.717, 1.165) is 5.56 Å². The molecule has 4 heteroatoms. The molecule has 78 valence electrons. The van der Waals surface area contributed by atoms with E-state index in [0.29, 0.717) is 25.1 Å². The fourth-order valence-corrected chi connectivity index (χ4v) is 1.37. The minimum absolute atomic E-state index is 0.214. The van der Waals surface area contributed by atoms with Crippen LogP contribution in [-0.4, -0.2) is 17.6 Å². The normalized spacial score (nSPS) is 17.9. The highest BCUT2D eigenvalue weighted by atomic mass is 16.5. The molecule has 1 aromatic heterocycles. The van der Waals surface area contributed by atoms with Crippen molar-refractivity contribution >= 4 is 5.97 Å². The molecule has 1 aromatic rings. The number of rotatable bonds is 3. The number of cyclic esters (lactones) is 1. The highest BCUT2D eigenvalue weighted by Gasteiger charge is 2.17. The van der Waals surface area contributed by atoms with Crippen LogP contribution in [0.2, 0.25) is 0 Å². The fourth-order valence-electron chi connectivity index (χ4n) is 1.37. The van der Waals surface area contributed by atoms with Crippen molar-refractivity contribution in [3.8, 4) is 0 Å². The van der Waals surface area contributed by atoms with Crippen molar-refractivity contribution in [2.75, 3.05) is 6.61 Å². The summed E-state index contributed by atoms with van der Waals surface area (Å²) in [4.78, 5) is 15.1. The first kappa shape index (κ1) is 9.71. The van der Waals surface area contributed by atoms with Gasteiger partial charge in [-0.25, -0.2) is 4.79 Å². The van der Waals surface area contributed by atoms with E-state index >= 15 is 0 Å². The van der Waals surface area contributed by atoms with Crippen molar-refractivity contribution in [1.29, 1.82) is 0 Å². The number of esters is 1. The van der Waals surface area contributed by atoms with Gasteiger partial charge in [0.05, 0.1) is 12.2 Å². The molecule has 1 N–H and O–H groups in total. The van der Waals surface area contributed by atoms with Gasteiger partial charge in [0.25, 0.3) is 0 Å². The van der Waals surface area contributed by atoms with Gasteiger partial charge in [0.15, 0.2) is 0 Å². The van der Waals surface area contributed by atoms with Crippen molar-refractivity contribution in [2.24, 2.45) is 0 Å². The minimum Gasteiger partial charge on any atom is -0.462 e. The Bertz CT molecular complexity index is 373. The van der Waals surface area contributed by atoms with Gasteiger partial charge in [-0.15, -0.1) is 0 Å². The van der Waals surface area contributed by atoms with E-state index in [1.165, 1.54) is 0 Å². The van der Waals surface area contributed by atoms with E-state index in [2.05, 4.69) is 10.3 Å². The third kappa shape index (κ3) is 2.56. The maximum atomic E-state index is 11.1. The van der Waals surface area contributed by atoms with Gasteiger partial charge < -0.3 is 10.1 Å². The Morgan fingerprint density at radius 3 is 3.20 bits per heavy atom. The molecule has 1 aliphatic heterocycles. The predicted octanol–water partition coefficient (Wildman–Crippen LogP) is 1.00. The summed E-state index contributed by atoms with van der Waals surface area (Å²) in [7, 11) is 0. The van der Waals surface area contributed by atoms with Crippen molar-refractivity contribution in [3.05, 3.63) is 41.9 Å². The highest BCUT2D eigenvalue weighted by Crippen LogP contribution is 2.11. The van der Waals surface area contributed by atoms with Crippen molar-refractivity contribution in [1.82, 2.24) is 10.3 Å². The summed E-state index contributed by atoms with van der Waals surface area (Å²) in [6, 6.07) is 3.86. The molecule has 0 aliphatic carbocycles. The first-order valence-corrected chi connectivity index (χ1v) is 4.85. The Morgan fingerprint density at radius 1 is 1.60 bits per heavy atom. The van der Waals surface area contributed by atoms with Gasteiger partial charge in [-0.05, 0) is 11.6 Å². The molecule has 1 saturated heterocycles. The predicted molar refractivity (Wildman–Crippen MR) is 54.7 cm³/mol. The van der Waals surface area contributed by atoms with Crippen LogP contribution in [0.3, 0.4) is 0 Å². The molecular formula is C11H12N2O2. The van der Waals surface area contributed by atoms with E-state index in [9.17, 15) is 4.79 Å². The molecule has 4 nitrogen and oxygen atoms in total. The van der Waals surface area contributed by atoms with Crippen LogP contribution in [0.5, 0.6) is 0 Å². The van der Waals surface area contributed by atoms with Crippen LogP contribution in [-0.2, 0) is 16.1 Å². The van der Waals surface area contributed by atoms with Crippen LogP contribution < -0.4 is 5.32 Å². The van der Waals surface area contributed by atoms with Crippen LogP contribution in [0.4, 0.5) is 0 Å². The average molecular weight is 204 g/mol. The molecule has 2 heterocycles. The Kier molecular flexibility index (Phi) is 2.97. The topological polar surface area (TPSA) is 51.2 Å². The van der Waals surface area contributed by atoms with Crippen LogP contribution in [0, 0.1) is 0 Å². The van der Waals surface area contributed by atoms with E-state index in [1.807, 2.05) is 12.1 Å². The first-order chi connectivity index (χ1) is 7.36. The third-order valence-corrected chi connectivity index (χ3v) is 2.17. The molecule has 0 unspecified atom stereocenters. The summed E-state index contributed by atoms with van der Waals surface area (Å²) in [5.41, 5.74) is 1.79. The molecule has 1 aliphatic rings. The lowest BCUT2D eigenvalue weighted by atomic mass is 10.2. The quantitative estimate of drug-likeness (QED) is 0.589. The number of aromatic nitrogens is 1. The molecule has 0 aromatic carbocycles. The van der Waals surface area contributed by atoms with Gasteiger partial charge in [0.2, 0.25) is 0 Å². The lowest BCUT2D eigenvalue weighted by Crippen LogP contribution is -2.08. The molecule has 2 rings (SSSR count). The van der Waals surface area contributed by atoms with Crippen LogP contribution in [0.25, 0.3) is 0 Å². The number of hydrogen-bond donors (Lipinski definition) is 1. The number of carbonyl (C=O) groups excluding carboxylic acids is 1. The maximum absolute atomic E-state index is 11.1. The van der Waals surface area contributed by atoms with Crippen LogP contribution >= 0.6 is 0 Å². The van der Waals surface area contributed by atoms with E-state index < -0.39 is 0 Å². The number of nitrogens with one attached hydrogen (secondary N) is 1. The molecule has 0 spiro atoms. The van der Waals surface area contributed by atoms with Crippen LogP contribution in [0.1, 0.15) is 12.0 Å². The molecule has 0 amide bonds. The van der Waals surface area contributed by atoms with E-state index in [4.69, 9.17) is 4.74 Å². The second-order valence-electron chi connectivity index (χ2n) is 3.30. The smallest absolute Gasteiger partial charge is 0.335 e. The first-order valence-electron chi connectivity index (χ1n) is 4.85. The number of carbonyl (C=O) groups is 1. The largest absolute Gasteiger partial charge is 0.462 e. The third-order valence-electron chi connectivity index (χ3n) is 2.17. The van der Waals surface area contributed by atoms with E-state index in [-0.39, 0.29) is 5.97 Å². The van der Waals surface area contributed by atoms with Crippen LogP contribution in [0.15, 0.2) is 36.3 Å². The van der Waals surface area contributed by atoms with Gasteiger partial charge in [-0.3, -0.25) is 4.98 Å². The molecule has 15 heavy (non-hydrogen) atoms. The minimum atomic E-state index is -0.214. The second kappa shape index (κ2) is 4.59. The molecule has 1 fully saturated rings. The van der Waals surface area contributed by atoms with E-state index in [1.54, 1.807) is 18.6 Å². The number of pyridine rings is 1. The summed E-state index contributed by atoms with van der Waals surface area (Å²) in [6.07, 6.45) is 5.94. The Morgan fingerprint density at radius 2 is 2.53 bits per heavy atom. The summed E-state index contributed by atoms with van der Waals surface area (Å²) in [5.74, 6) is -0.214. The lowest BCUT2D eigenvalue weighted by molar-refractivity contribution is -0.135. The summed E-state index contributed by atoms with van der Waals surface area (Å²) < 4.78 is 4.81. The zero-order valence-corrected chi connectivity index (χ0v) is 8.27. The van der Waals surface area contributed by atoms with Gasteiger partial charge in [-0.2, -0.15) is 0 Å². The number of ether oxygens (including phenoxy) is 1. The zero-order valence-electron chi connectivity index (χ0n) is 8.27. The monoisotopic (exact) mass is 204 g/mol. The van der Waals surface area contributed by atoms with Gasteiger partial charge in [0, 0.05) is 31.6 Å². The Hall–Kier alpha value is -1.84. The second-order valence-corrected chi connectivity index (χ2v) is 3.30. The summed E-state index contributed by atoms with van der Waals surface area (Å²) >= 11 is 0. The van der Waals surface area contributed by atoms with Crippen molar-refractivity contribution in [2.45, 2.75) is 13.0 Å². The maximum Gasteiger partial charge on any atom is 0.335 e. The lowest BCUT2D eigenvalue weighted by Gasteiger charge is -2.00. The van der Waals surface area contributed by atoms with Gasteiger partial charge >= 0.3 is 5.97 Å². The molecule has 0 saturated carbocycles. The summed E-state index contributed by atoms with van der Waals surface area (Å²) in [5, 5.41) is 3.07. The van der Waals surface area contributed by atoms with Crippen molar-refractivity contribution < 1.29 is 9.53 Å². The average Bonchev–Trinajstić information content (AvgIpc) is 2.66. The van der Waals surface area contributed by atoms with Gasteiger partial charge in [-0.1, -0.05) is 6.07 Å². The SMILES string of the molecule is O=C1OCCC1=CNCc1cccnc1. The number of nitrogens with zero attached hydrogens (tertiary/aromatic N) is 1. The molecule has 0 bridgehead atoms. The van der Waals surface area contributed by atoms with Gasteiger partial charge in [0.1, 0.15) is 0 Å². The Labute approximate surface area is 88.0 Å². The molecule has 0 radical (unpaired) electrons. The number of hydrogen-bond acceptors (Lipinski definition) is 4. The Balaban J connectivity index is 1.87. The molecular weight excluding hydrogens is 192 g/mol. The van der Waals surface area contributed by atoms with Crippen molar-refractivity contribution in [3.63, 3.8) is 0 Å². The fraction of sp³-hybridized carbons (Fsp3) is 0.273. The summed E-state index contributed by atoms with van der Waals surface area (Å²) in [6.45, 7) is 1.17. The zero-order chi connectivity index (χ0) is 10.5. The molecule has 0 atom stereocenters. The standard InChI is InChI=1S/C11H12N2O2/c14-11-10(3-5-15-11)8-13-7-9-2-1-4-12-6-9/h1-2,4,6,8,13H,3,5,7H2.